The summed E-state index contributed by atoms with van der Waals surface area (Å²) >= 11 is 5.69. The number of aromatic nitrogens is 2. The molecule has 4 heteroatoms. The first-order chi connectivity index (χ1) is 12.3. The Morgan fingerprint density at radius 2 is 1.72 bits per heavy atom. The van der Waals surface area contributed by atoms with Gasteiger partial charge >= 0.3 is 0 Å². The van der Waals surface area contributed by atoms with Crippen molar-refractivity contribution in [3.8, 4) is 16.9 Å². The Bertz CT molecular complexity index is 674. The van der Waals surface area contributed by atoms with Gasteiger partial charge in [0, 0.05) is 29.4 Å². The molecule has 1 aliphatic carbocycles. The molecule has 1 aromatic heterocycles. The van der Waals surface area contributed by atoms with Crippen molar-refractivity contribution in [3.63, 3.8) is 0 Å². The molecule has 0 N–H and O–H groups in total. The van der Waals surface area contributed by atoms with Crippen LogP contribution in [0.5, 0.6) is 5.75 Å². The van der Waals surface area contributed by atoms with Crippen molar-refractivity contribution in [2.45, 2.75) is 44.9 Å². The van der Waals surface area contributed by atoms with E-state index >= 15 is 0 Å². The van der Waals surface area contributed by atoms with Gasteiger partial charge in [0.1, 0.15) is 11.6 Å². The summed E-state index contributed by atoms with van der Waals surface area (Å²) < 4.78 is 5.63. The number of hydrogen-bond donors (Lipinski definition) is 0. The van der Waals surface area contributed by atoms with E-state index in [4.69, 9.17) is 16.3 Å². The molecule has 0 bridgehead atoms. The van der Waals surface area contributed by atoms with Crippen LogP contribution in [-0.2, 0) is 0 Å². The highest BCUT2D eigenvalue weighted by molar-refractivity contribution is 6.25. The third-order valence-corrected chi connectivity index (χ3v) is 4.96. The number of nitrogens with zero attached hydrogens (tertiary/aromatic N) is 2. The average molecular weight is 357 g/mol. The minimum Gasteiger partial charge on any atom is -0.494 e. The smallest absolute Gasteiger partial charge is 0.131 e. The van der Waals surface area contributed by atoms with Crippen LogP contribution in [0, 0.1) is 5.92 Å². The molecule has 0 radical (unpaired) electrons. The van der Waals surface area contributed by atoms with Crippen molar-refractivity contribution in [3.05, 3.63) is 54.1 Å². The number of hydrogen-bond acceptors (Lipinski definition) is 3. The number of ether oxygens (including phenoxy) is 1. The maximum atomic E-state index is 5.69. The van der Waals surface area contributed by atoms with Crippen molar-refractivity contribution < 1.29 is 4.74 Å². The van der Waals surface area contributed by atoms with Crippen LogP contribution >= 0.6 is 11.6 Å². The van der Waals surface area contributed by atoms with Crippen LogP contribution < -0.4 is 4.74 Å². The van der Waals surface area contributed by atoms with E-state index in [0.29, 0.717) is 11.8 Å². The highest BCUT2D eigenvalue weighted by Crippen LogP contribution is 2.35. The van der Waals surface area contributed by atoms with E-state index in [1.54, 1.807) is 5.54 Å². The Kier molecular flexibility index (Phi) is 6.46. The minimum atomic E-state index is 0.471. The van der Waals surface area contributed by atoms with E-state index in [1.165, 1.54) is 0 Å². The van der Waals surface area contributed by atoms with Crippen LogP contribution in [0.25, 0.3) is 11.1 Å². The third-order valence-electron chi connectivity index (χ3n) is 4.81. The second-order valence-corrected chi connectivity index (χ2v) is 6.88. The van der Waals surface area contributed by atoms with Gasteiger partial charge in [0.2, 0.25) is 0 Å². The summed E-state index contributed by atoms with van der Waals surface area (Å²) in [6.07, 6.45) is 11.6. The molecule has 132 valence electrons. The number of rotatable bonds is 6. The molecule has 1 fully saturated rings. The van der Waals surface area contributed by atoms with E-state index in [9.17, 15) is 0 Å². The first kappa shape index (κ1) is 17.9. The van der Waals surface area contributed by atoms with Gasteiger partial charge in [0.15, 0.2) is 0 Å². The lowest BCUT2D eigenvalue weighted by atomic mass is 9.81. The second kappa shape index (κ2) is 9.00. The Morgan fingerprint density at radius 1 is 1.04 bits per heavy atom. The lowest BCUT2D eigenvalue weighted by molar-refractivity contribution is 0.317. The van der Waals surface area contributed by atoms with E-state index in [0.717, 1.165) is 61.4 Å². The van der Waals surface area contributed by atoms with Crippen molar-refractivity contribution in [1.29, 1.82) is 0 Å². The maximum absolute atomic E-state index is 5.69. The molecule has 1 heterocycles. The molecular weight excluding hydrogens is 332 g/mol. The predicted molar refractivity (Wildman–Crippen MR) is 103 cm³/mol. The fourth-order valence-corrected chi connectivity index (χ4v) is 3.54. The average Bonchev–Trinajstić information content (AvgIpc) is 2.68. The molecule has 1 aliphatic rings. The monoisotopic (exact) mass is 356 g/mol. The molecule has 1 saturated carbocycles. The summed E-state index contributed by atoms with van der Waals surface area (Å²) in [5.41, 5.74) is 3.81. The largest absolute Gasteiger partial charge is 0.494 e. The Balaban J connectivity index is 1.62. The molecule has 0 spiro atoms. The standard InChI is InChI=1S/C21H25ClN2O/c1-2-13-25-20-9-7-17(8-10-20)19-14-23-21(24-15-19)18-5-3-16(4-6-18)11-12-22/h7-12,14-16,18H,2-6,13H2,1H3/b12-11+/t16-,18-. The molecule has 2 aromatic rings. The molecule has 3 nitrogen and oxygen atoms in total. The van der Waals surface area contributed by atoms with Gasteiger partial charge in [0.05, 0.1) is 6.61 Å². The highest BCUT2D eigenvalue weighted by atomic mass is 35.5. The van der Waals surface area contributed by atoms with Gasteiger partial charge in [-0.05, 0) is 55.7 Å². The van der Waals surface area contributed by atoms with Crippen molar-refractivity contribution in [2.75, 3.05) is 6.61 Å². The fourth-order valence-electron chi connectivity index (χ4n) is 3.33. The van der Waals surface area contributed by atoms with Crippen molar-refractivity contribution >= 4 is 11.6 Å². The van der Waals surface area contributed by atoms with Crippen LogP contribution in [0.1, 0.15) is 50.8 Å². The van der Waals surface area contributed by atoms with Crippen LogP contribution in [0.3, 0.4) is 0 Å². The van der Waals surface area contributed by atoms with Crippen molar-refractivity contribution in [1.82, 2.24) is 9.97 Å². The Hall–Kier alpha value is -1.87. The summed E-state index contributed by atoms with van der Waals surface area (Å²) in [6, 6.07) is 8.13. The fraction of sp³-hybridized carbons (Fsp3) is 0.429. The predicted octanol–water partition coefficient (Wildman–Crippen LogP) is 5.96. The summed E-state index contributed by atoms with van der Waals surface area (Å²) in [7, 11) is 0. The van der Waals surface area contributed by atoms with Crippen molar-refractivity contribution in [2.24, 2.45) is 5.92 Å². The molecule has 1 aromatic carbocycles. The van der Waals surface area contributed by atoms with Gasteiger partial charge in [-0.1, -0.05) is 36.7 Å². The van der Waals surface area contributed by atoms with Crippen LogP contribution in [-0.4, -0.2) is 16.6 Å². The van der Waals surface area contributed by atoms with Crippen LogP contribution in [0.2, 0.25) is 0 Å². The molecule has 3 rings (SSSR count). The van der Waals surface area contributed by atoms with E-state index in [1.807, 2.05) is 24.5 Å². The van der Waals surface area contributed by atoms with Crippen LogP contribution in [0.4, 0.5) is 0 Å². The van der Waals surface area contributed by atoms with E-state index < -0.39 is 0 Å². The highest BCUT2D eigenvalue weighted by Gasteiger charge is 2.22. The Labute approximate surface area is 155 Å². The lowest BCUT2D eigenvalue weighted by Crippen LogP contribution is -2.13. The molecule has 25 heavy (non-hydrogen) atoms. The van der Waals surface area contributed by atoms with Gasteiger partial charge in [-0.15, -0.1) is 0 Å². The van der Waals surface area contributed by atoms with Crippen LogP contribution in [0.15, 0.2) is 48.3 Å². The zero-order valence-electron chi connectivity index (χ0n) is 14.7. The summed E-state index contributed by atoms with van der Waals surface area (Å²) in [6.45, 7) is 2.86. The quantitative estimate of drug-likeness (QED) is 0.640. The molecule has 0 amide bonds. The lowest BCUT2D eigenvalue weighted by Gasteiger charge is -2.25. The number of allylic oxidation sites excluding steroid dienone is 1. The van der Waals surface area contributed by atoms with Gasteiger partial charge in [0.25, 0.3) is 0 Å². The molecule has 0 aliphatic heterocycles. The van der Waals surface area contributed by atoms with Gasteiger partial charge in [-0.25, -0.2) is 9.97 Å². The third kappa shape index (κ3) is 4.82. The summed E-state index contributed by atoms with van der Waals surface area (Å²) in [5.74, 6) is 2.96. The normalized spacial score (nSPS) is 20.7. The second-order valence-electron chi connectivity index (χ2n) is 6.63. The zero-order valence-corrected chi connectivity index (χ0v) is 15.5. The SMILES string of the molecule is CCCOc1ccc(-c2cnc([C@H]3CC[C@H](/C=C/Cl)CC3)nc2)cc1. The van der Waals surface area contributed by atoms with Gasteiger partial charge in [-0.2, -0.15) is 0 Å². The molecule has 0 unspecified atom stereocenters. The molecule has 0 atom stereocenters. The zero-order chi connectivity index (χ0) is 17.5. The number of benzene rings is 1. The number of halogens is 1. The molecular formula is C21H25ClN2O. The first-order valence-corrected chi connectivity index (χ1v) is 9.56. The Morgan fingerprint density at radius 3 is 2.32 bits per heavy atom. The topological polar surface area (TPSA) is 35.0 Å². The van der Waals surface area contributed by atoms with Gasteiger partial charge in [-0.3, -0.25) is 0 Å². The van der Waals surface area contributed by atoms with E-state index in [2.05, 4.69) is 35.1 Å². The minimum absolute atomic E-state index is 0.471. The van der Waals surface area contributed by atoms with Gasteiger partial charge < -0.3 is 4.74 Å². The summed E-state index contributed by atoms with van der Waals surface area (Å²) in [4.78, 5) is 9.27. The first-order valence-electron chi connectivity index (χ1n) is 9.12. The summed E-state index contributed by atoms with van der Waals surface area (Å²) in [5, 5.41) is 0. The molecule has 0 saturated heterocycles. The van der Waals surface area contributed by atoms with E-state index in [-0.39, 0.29) is 0 Å². The maximum Gasteiger partial charge on any atom is 0.131 e.